The molecule has 28 heavy (non-hydrogen) atoms. The maximum absolute atomic E-state index is 11.9. The van der Waals surface area contributed by atoms with E-state index in [1.165, 1.54) is 5.56 Å². The molecule has 8 nitrogen and oxygen atoms in total. The van der Waals surface area contributed by atoms with Gasteiger partial charge in [0.15, 0.2) is 5.96 Å². The van der Waals surface area contributed by atoms with Gasteiger partial charge in [0.25, 0.3) is 0 Å². The van der Waals surface area contributed by atoms with Crippen LogP contribution in [0.5, 0.6) is 0 Å². The number of furan rings is 1. The lowest BCUT2D eigenvalue weighted by Crippen LogP contribution is -2.42. The van der Waals surface area contributed by atoms with Gasteiger partial charge in [-0.1, -0.05) is 17.7 Å². The van der Waals surface area contributed by atoms with Gasteiger partial charge in [-0.15, -0.1) is 0 Å². The second-order valence-electron chi connectivity index (χ2n) is 6.15. The monoisotopic (exact) mass is 381 g/mol. The zero-order valence-corrected chi connectivity index (χ0v) is 15.9. The molecule has 0 atom stereocenters. The van der Waals surface area contributed by atoms with Crippen LogP contribution >= 0.6 is 0 Å². The minimum Gasteiger partial charge on any atom is -0.467 e. The van der Waals surface area contributed by atoms with Gasteiger partial charge < -0.3 is 24.8 Å². The summed E-state index contributed by atoms with van der Waals surface area (Å²) in [5.74, 6) is 1.60. The van der Waals surface area contributed by atoms with Gasteiger partial charge in [-0.05, 0) is 31.2 Å². The number of benzene rings is 1. The lowest BCUT2D eigenvalue weighted by Gasteiger charge is -2.10. The fourth-order valence-electron chi connectivity index (χ4n) is 2.44. The van der Waals surface area contributed by atoms with Crippen molar-refractivity contribution in [2.75, 3.05) is 13.6 Å². The van der Waals surface area contributed by atoms with Crippen LogP contribution in [0.2, 0.25) is 0 Å². The molecule has 3 aromatic rings. The number of rotatable bonds is 7. The summed E-state index contributed by atoms with van der Waals surface area (Å²) in [5, 5.41) is 8.81. The van der Waals surface area contributed by atoms with Crippen molar-refractivity contribution in [2.24, 2.45) is 4.99 Å². The summed E-state index contributed by atoms with van der Waals surface area (Å²) >= 11 is 0. The first-order valence-corrected chi connectivity index (χ1v) is 8.89. The minimum absolute atomic E-state index is 0.0911. The molecule has 0 radical (unpaired) electrons. The third-order valence-corrected chi connectivity index (χ3v) is 3.97. The number of aryl methyl sites for hydroxylation is 1. The first-order valence-electron chi connectivity index (χ1n) is 8.89. The molecule has 2 aromatic heterocycles. The number of carbonyl (C=O) groups is 1. The fraction of sp³-hybridized carbons (Fsp3) is 0.250. The van der Waals surface area contributed by atoms with Crippen LogP contribution in [0.3, 0.4) is 0 Å². The van der Waals surface area contributed by atoms with Crippen molar-refractivity contribution in [3.63, 3.8) is 0 Å². The Morgan fingerprint density at radius 1 is 1.07 bits per heavy atom. The number of oxazole rings is 1. The highest BCUT2D eigenvalue weighted by molar-refractivity contribution is 5.86. The maximum Gasteiger partial charge on any atom is 0.239 e. The molecule has 3 N–H and O–H groups in total. The van der Waals surface area contributed by atoms with Crippen LogP contribution in [-0.2, 0) is 17.9 Å². The van der Waals surface area contributed by atoms with Crippen molar-refractivity contribution in [1.82, 2.24) is 20.9 Å². The van der Waals surface area contributed by atoms with E-state index in [4.69, 9.17) is 8.83 Å². The van der Waals surface area contributed by atoms with Crippen LogP contribution in [0, 0.1) is 6.92 Å². The Bertz CT molecular complexity index is 914. The molecule has 2 heterocycles. The van der Waals surface area contributed by atoms with Crippen LogP contribution < -0.4 is 16.0 Å². The van der Waals surface area contributed by atoms with E-state index in [9.17, 15) is 4.79 Å². The number of amides is 1. The molecular weight excluding hydrogens is 358 g/mol. The lowest BCUT2D eigenvalue weighted by molar-refractivity contribution is -0.120. The highest BCUT2D eigenvalue weighted by Gasteiger charge is 2.08. The predicted octanol–water partition coefficient (Wildman–Crippen LogP) is 2.22. The summed E-state index contributed by atoms with van der Waals surface area (Å²) in [7, 11) is 1.64. The fourth-order valence-corrected chi connectivity index (χ4v) is 2.44. The normalized spacial score (nSPS) is 11.3. The molecule has 3 rings (SSSR count). The highest BCUT2D eigenvalue weighted by Crippen LogP contribution is 2.18. The van der Waals surface area contributed by atoms with Crippen LogP contribution in [0.1, 0.15) is 17.0 Å². The Hall–Kier alpha value is -3.55. The summed E-state index contributed by atoms with van der Waals surface area (Å²) in [6, 6.07) is 11.6. The molecule has 1 aromatic carbocycles. The average molecular weight is 381 g/mol. The molecule has 0 aliphatic carbocycles. The van der Waals surface area contributed by atoms with E-state index < -0.39 is 0 Å². The van der Waals surface area contributed by atoms with E-state index in [2.05, 4.69) is 25.9 Å². The van der Waals surface area contributed by atoms with Crippen LogP contribution in [-0.4, -0.2) is 30.4 Å². The first kappa shape index (κ1) is 19.2. The van der Waals surface area contributed by atoms with Gasteiger partial charge in [-0.2, -0.15) is 0 Å². The Balaban J connectivity index is 1.44. The van der Waals surface area contributed by atoms with E-state index in [-0.39, 0.29) is 12.5 Å². The second-order valence-corrected chi connectivity index (χ2v) is 6.15. The van der Waals surface area contributed by atoms with Crippen LogP contribution in [0.25, 0.3) is 11.5 Å². The number of hydrogen-bond acceptors (Lipinski definition) is 5. The summed E-state index contributed by atoms with van der Waals surface area (Å²) in [6.45, 7) is 2.89. The highest BCUT2D eigenvalue weighted by atomic mass is 16.3. The minimum atomic E-state index is -0.164. The van der Waals surface area contributed by atoms with E-state index in [1.807, 2.05) is 31.2 Å². The maximum atomic E-state index is 11.9. The zero-order valence-electron chi connectivity index (χ0n) is 15.9. The van der Waals surface area contributed by atoms with Gasteiger partial charge >= 0.3 is 0 Å². The molecule has 146 valence electrons. The molecule has 1 amide bonds. The smallest absolute Gasteiger partial charge is 0.239 e. The van der Waals surface area contributed by atoms with E-state index in [1.54, 1.807) is 31.7 Å². The Kier molecular flexibility index (Phi) is 6.46. The van der Waals surface area contributed by atoms with Crippen LogP contribution in [0.4, 0.5) is 0 Å². The molecule has 0 aliphatic rings. The van der Waals surface area contributed by atoms with Gasteiger partial charge in [-0.3, -0.25) is 9.79 Å². The molecule has 0 unspecified atom stereocenters. The average Bonchev–Trinajstić information content (AvgIpc) is 3.39. The third kappa shape index (κ3) is 5.47. The zero-order chi connectivity index (χ0) is 19.8. The summed E-state index contributed by atoms with van der Waals surface area (Å²) in [5.41, 5.74) is 2.84. The lowest BCUT2D eigenvalue weighted by atomic mass is 10.1. The SMILES string of the molecule is CN=C(NCC(=O)NCc1ccco1)NCc1coc(-c2ccc(C)cc2)n1. The van der Waals surface area contributed by atoms with Gasteiger partial charge in [0.1, 0.15) is 12.0 Å². The number of aromatic nitrogens is 1. The van der Waals surface area contributed by atoms with E-state index in [0.29, 0.717) is 30.7 Å². The summed E-state index contributed by atoms with van der Waals surface area (Å²) in [4.78, 5) is 20.5. The first-order chi connectivity index (χ1) is 13.6. The van der Waals surface area contributed by atoms with Crippen molar-refractivity contribution in [3.05, 3.63) is 65.9 Å². The molecule has 0 fully saturated rings. The topological polar surface area (TPSA) is 105 Å². The summed E-state index contributed by atoms with van der Waals surface area (Å²) in [6.07, 6.45) is 3.17. The molecule has 0 bridgehead atoms. The van der Waals surface area contributed by atoms with Crippen molar-refractivity contribution in [1.29, 1.82) is 0 Å². The summed E-state index contributed by atoms with van der Waals surface area (Å²) < 4.78 is 10.7. The Morgan fingerprint density at radius 2 is 1.89 bits per heavy atom. The standard InChI is InChI=1S/C20H23N5O3/c1-14-5-7-15(8-6-14)19-25-16(13-28-19)10-23-20(21-2)24-12-18(26)22-11-17-4-3-9-27-17/h3-9,13H,10-12H2,1-2H3,(H,22,26)(H2,21,23,24). The molecule has 0 saturated carbocycles. The van der Waals surface area contributed by atoms with E-state index in [0.717, 1.165) is 11.3 Å². The number of aliphatic imine (C=N–C) groups is 1. The van der Waals surface area contributed by atoms with Crippen molar-refractivity contribution in [3.8, 4) is 11.5 Å². The largest absolute Gasteiger partial charge is 0.467 e. The van der Waals surface area contributed by atoms with Gasteiger partial charge in [0.2, 0.25) is 11.8 Å². The molecular formula is C20H23N5O3. The van der Waals surface area contributed by atoms with E-state index >= 15 is 0 Å². The molecule has 0 spiro atoms. The third-order valence-electron chi connectivity index (χ3n) is 3.97. The quantitative estimate of drug-likeness (QED) is 0.428. The molecule has 0 aliphatic heterocycles. The number of carbonyl (C=O) groups excluding carboxylic acids is 1. The van der Waals surface area contributed by atoms with Gasteiger partial charge in [0, 0.05) is 12.6 Å². The number of nitrogens with zero attached hydrogens (tertiary/aromatic N) is 2. The van der Waals surface area contributed by atoms with Crippen molar-refractivity contribution < 1.29 is 13.6 Å². The van der Waals surface area contributed by atoms with Crippen molar-refractivity contribution in [2.45, 2.75) is 20.0 Å². The second kappa shape index (κ2) is 9.40. The Morgan fingerprint density at radius 3 is 2.61 bits per heavy atom. The van der Waals surface area contributed by atoms with Gasteiger partial charge in [0.05, 0.1) is 31.6 Å². The van der Waals surface area contributed by atoms with Gasteiger partial charge in [-0.25, -0.2) is 4.98 Å². The van der Waals surface area contributed by atoms with Crippen LogP contribution in [0.15, 0.2) is 62.8 Å². The van der Waals surface area contributed by atoms with Crippen molar-refractivity contribution >= 4 is 11.9 Å². The Labute approximate surface area is 163 Å². The number of guanidine groups is 1. The number of hydrogen-bond donors (Lipinski definition) is 3. The molecule has 0 saturated heterocycles. The predicted molar refractivity (Wildman–Crippen MR) is 105 cm³/mol. The molecule has 8 heteroatoms. The number of nitrogens with one attached hydrogen (secondary N) is 3.